The highest BCUT2D eigenvalue weighted by Crippen LogP contribution is 2.17. The summed E-state index contributed by atoms with van der Waals surface area (Å²) in [5, 5.41) is 3.36. The van der Waals surface area contributed by atoms with Crippen molar-refractivity contribution >= 4 is 28.9 Å². The maximum atomic E-state index is 12.2. The van der Waals surface area contributed by atoms with Gasteiger partial charge in [0.15, 0.2) is 5.11 Å². The van der Waals surface area contributed by atoms with Crippen LogP contribution in [-0.2, 0) is 11.3 Å². The molecule has 0 saturated carbocycles. The number of anilines is 1. The maximum Gasteiger partial charge on any atom is 0.269 e. The smallest absolute Gasteiger partial charge is 0.269 e. The Hall–Kier alpha value is -2.44. The Balaban J connectivity index is 1.81. The molecule has 0 aromatic heterocycles. The van der Waals surface area contributed by atoms with Gasteiger partial charge in [-0.3, -0.25) is 15.6 Å². The van der Waals surface area contributed by atoms with E-state index in [-0.39, 0.29) is 12.0 Å². The van der Waals surface area contributed by atoms with E-state index in [4.69, 9.17) is 17.0 Å². The fourth-order valence-electron chi connectivity index (χ4n) is 2.31. The van der Waals surface area contributed by atoms with Gasteiger partial charge in [0.05, 0.1) is 12.7 Å². The van der Waals surface area contributed by atoms with Crippen LogP contribution in [0, 0.1) is 0 Å². The van der Waals surface area contributed by atoms with Crippen molar-refractivity contribution in [1.82, 2.24) is 10.9 Å². The molecule has 2 rings (SSSR count). The van der Waals surface area contributed by atoms with Crippen LogP contribution in [0.5, 0.6) is 0 Å². The summed E-state index contributed by atoms with van der Waals surface area (Å²) in [6.07, 6.45) is 0.173. The predicted molar refractivity (Wildman–Crippen MR) is 114 cm³/mol. The summed E-state index contributed by atoms with van der Waals surface area (Å²) < 4.78 is 5.55. The van der Waals surface area contributed by atoms with Crippen LogP contribution in [0.25, 0.3) is 0 Å². The molecule has 27 heavy (non-hydrogen) atoms. The van der Waals surface area contributed by atoms with Gasteiger partial charge in [-0.1, -0.05) is 38.1 Å². The van der Waals surface area contributed by atoms with Crippen LogP contribution in [0.3, 0.4) is 0 Å². The Morgan fingerprint density at radius 2 is 1.59 bits per heavy atom. The minimum atomic E-state index is -0.259. The number of carbonyl (C=O) groups excluding carboxylic acids is 1. The SMILES string of the molecule is CC(C)OCc1ccc(C(=O)NNC(=S)Nc2ccc(C(C)C)cc2)cc1. The number of hydrogen-bond acceptors (Lipinski definition) is 3. The van der Waals surface area contributed by atoms with Gasteiger partial charge in [0.25, 0.3) is 5.91 Å². The molecule has 0 fully saturated rings. The minimum absolute atomic E-state index is 0.173. The predicted octanol–water partition coefficient (Wildman–Crippen LogP) is 4.37. The fourth-order valence-corrected chi connectivity index (χ4v) is 2.48. The van der Waals surface area contributed by atoms with E-state index in [0.717, 1.165) is 11.3 Å². The number of hydrogen-bond donors (Lipinski definition) is 3. The van der Waals surface area contributed by atoms with Crippen molar-refractivity contribution in [2.24, 2.45) is 0 Å². The van der Waals surface area contributed by atoms with E-state index in [1.165, 1.54) is 5.56 Å². The summed E-state index contributed by atoms with van der Waals surface area (Å²) in [5.41, 5.74) is 9.00. The molecule has 1 amide bonds. The average molecular weight is 386 g/mol. The second-order valence-corrected chi connectivity index (χ2v) is 7.27. The van der Waals surface area contributed by atoms with Crippen LogP contribution in [0.2, 0.25) is 0 Å². The average Bonchev–Trinajstić information content (AvgIpc) is 2.65. The van der Waals surface area contributed by atoms with Gasteiger partial charge in [0, 0.05) is 11.3 Å². The first-order chi connectivity index (χ1) is 12.8. The van der Waals surface area contributed by atoms with E-state index in [1.54, 1.807) is 12.1 Å². The van der Waals surface area contributed by atoms with Crippen LogP contribution in [-0.4, -0.2) is 17.1 Å². The monoisotopic (exact) mass is 385 g/mol. The Labute approximate surface area is 166 Å². The van der Waals surface area contributed by atoms with Crippen molar-refractivity contribution in [3.8, 4) is 0 Å². The molecular formula is C21H27N3O2S. The first kappa shape index (κ1) is 20.9. The summed E-state index contributed by atoms with van der Waals surface area (Å²) in [7, 11) is 0. The number of amides is 1. The van der Waals surface area contributed by atoms with Gasteiger partial charge in [-0.15, -0.1) is 0 Å². The molecule has 0 saturated heterocycles. The number of rotatable bonds is 6. The van der Waals surface area contributed by atoms with Gasteiger partial charge >= 0.3 is 0 Å². The third-order valence-corrected chi connectivity index (χ3v) is 4.13. The molecule has 5 nitrogen and oxygen atoms in total. The van der Waals surface area contributed by atoms with Crippen molar-refractivity contribution in [3.63, 3.8) is 0 Å². The molecule has 0 heterocycles. The molecule has 0 aliphatic heterocycles. The summed E-state index contributed by atoms with van der Waals surface area (Å²) in [5.74, 6) is 0.220. The number of nitrogens with one attached hydrogen (secondary N) is 3. The van der Waals surface area contributed by atoms with Crippen LogP contribution < -0.4 is 16.2 Å². The standard InChI is InChI=1S/C21H27N3O2S/c1-14(2)17-9-11-19(12-10-17)22-21(27)24-23-20(25)18-7-5-16(6-8-18)13-26-15(3)4/h5-12,14-15H,13H2,1-4H3,(H,23,25)(H2,22,24,27). The summed E-state index contributed by atoms with van der Waals surface area (Å²) in [6.45, 7) is 8.80. The summed E-state index contributed by atoms with van der Waals surface area (Å²) in [6, 6.07) is 15.3. The van der Waals surface area contributed by atoms with Crippen LogP contribution in [0.1, 0.15) is 55.1 Å². The number of hydrazine groups is 1. The largest absolute Gasteiger partial charge is 0.374 e. The topological polar surface area (TPSA) is 62.4 Å². The molecule has 6 heteroatoms. The van der Waals surface area contributed by atoms with Crippen molar-refractivity contribution in [3.05, 3.63) is 65.2 Å². The maximum absolute atomic E-state index is 12.2. The van der Waals surface area contributed by atoms with Crippen molar-refractivity contribution in [1.29, 1.82) is 0 Å². The normalized spacial score (nSPS) is 10.7. The molecule has 0 aliphatic rings. The number of thiocarbonyl (C=S) groups is 1. The number of carbonyl (C=O) groups is 1. The number of benzene rings is 2. The lowest BCUT2D eigenvalue weighted by Crippen LogP contribution is -2.43. The zero-order valence-electron chi connectivity index (χ0n) is 16.2. The van der Waals surface area contributed by atoms with Crippen LogP contribution in [0.15, 0.2) is 48.5 Å². The lowest BCUT2D eigenvalue weighted by atomic mass is 10.0. The first-order valence-corrected chi connectivity index (χ1v) is 9.44. The Morgan fingerprint density at radius 3 is 2.15 bits per heavy atom. The molecular weight excluding hydrogens is 358 g/mol. The van der Waals surface area contributed by atoms with Gasteiger partial charge in [0.1, 0.15) is 0 Å². The summed E-state index contributed by atoms with van der Waals surface area (Å²) in [4.78, 5) is 12.2. The highest BCUT2D eigenvalue weighted by molar-refractivity contribution is 7.80. The zero-order chi connectivity index (χ0) is 19.8. The molecule has 3 N–H and O–H groups in total. The third kappa shape index (κ3) is 7.00. The molecule has 0 bridgehead atoms. The van der Waals surface area contributed by atoms with Crippen molar-refractivity contribution < 1.29 is 9.53 Å². The zero-order valence-corrected chi connectivity index (χ0v) is 17.0. The molecule has 0 aliphatic carbocycles. The van der Waals surface area contributed by atoms with Gasteiger partial charge in [-0.2, -0.15) is 0 Å². The molecule has 2 aromatic carbocycles. The lowest BCUT2D eigenvalue weighted by molar-refractivity contribution is 0.0656. The molecule has 144 valence electrons. The minimum Gasteiger partial charge on any atom is -0.374 e. The van der Waals surface area contributed by atoms with Gasteiger partial charge in [-0.05, 0) is 67.4 Å². The third-order valence-electron chi connectivity index (χ3n) is 3.92. The van der Waals surface area contributed by atoms with E-state index in [1.807, 2.05) is 38.1 Å². The quantitative estimate of drug-likeness (QED) is 0.509. The second kappa shape index (κ2) is 10.0. The van der Waals surface area contributed by atoms with Crippen LogP contribution in [0.4, 0.5) is 5.69 Å². The first-order valence-electron chi connectivity index (χ1n) is 9.03. The molecule has 2 aromatic rings. The van der Waals surface area contributed by atoms with E-state index in [9.17, 15) is 4.79 Å². The van der Waals surface area contributed by atoms with Crippen LogP contribution >= 0.6 is 12.2 Å². The highest BCUT2D eigenvalue weighted by atomic mass is 32.1. The van der Waals surface area contributed by atoms with E-state index >= 15 is 0 Å². The molecule has 0 spiro atoms. The van der Waals surface area contributed by atoms with E-state index < -0.39 is 0 Å². The van der Waals surface area contributed by atoms with E-state index in [2.05, 4.69) is 42.1 Å². The lowest BCUT2D eigenvalue weighted by Gasteiger charge is -2.13. The molecule has 0 radical (unpaired) electrons. The van der Waals surface area contributed by atoms with Gasteiger partial charge < -0.3 is 10.1 Å². The van der Waals surface area contributed by atoms with Crippen molar-refractivity contribution in [2.75, 3.05) is 5.32 Å². The van der Waals surface area contributed by atoms with Gasteiger partial charge in [0.2, 0.25) is 0 Å². The fraction of sp³-hybridized carbons (Fsp3) is 0.333. The van der Waals surface area contributed by atoms with Gasteiger partial charge in [-0.25, -0.2) is 0 Å². The second-order valence-electron chi connectivity index (χ2n) is 6.87. The molecule has 0 atom stereocenters. The Bertz CT molecular complexity index is 756. The Kier molecular flexibility index (Phi) is 7.76. The highest BCUT2D eigenvalue weighted by Gasteiger charge is 2.07. The molecule has 0 unspecified atom stereocenters. The Morgan fingerprint density at radius 1 is 0.963 bits per heavy atom. The van der Waals surface area contributed by atoms with Crippen molar-refractivity contribution in [2.45, 2.75) is 46.3 Å². The summed E-state index contributed by atoms with van der Waals surface area (Å²) >= 11 is 5.21. The van der Waals surface area contributed by atoms with E-state index in [0.29, 0.717) is 23.2 Å². The number of ether oxygens (including phenoxy) is 1.